The van der Waals surface area contributed by atoms with E-state index in [4.69, 9.17) is 9.84 Å². The Bertz CT molecular complexity index is 726. The Morgan fingerprint density at radius 2 is 2.14 bits per heavy atom. The van der Waals surface area contributed by atoms with Crippen molar-refractivity contribution in [3.05, 3.63) is 72.1 Å². The Morgan fingerprint density at radius 1 is 1.39 bits per heavy atom. The summed E-state index contributed by atoms with van der Waals surface area (Å²) in [6, 6.07) is 7.86. The SMILES string of the molecule is C=C(N(C)CO[C@H](C)CO)N1C(=O)Cc2ccccc2C1/C=C\C/C=C\CC. The van der Waals surface area contributed by atoms with E-state index in [0.29, 0.717) is 12.2 Å². The maximum atomic E-state index is 13.0. The number of hydrogen-bond acceptors (Lipinski definition) is 4. The molecule has 0 saturated heterocycles. The number of rotatable bonds is 10. The maximum absolute atomic E-state index is 13.0. The van der Waals surface area contributed by atoms with E-state index in [2.05, 4.69) is 43.9 Å². The van der Waals surface area contributed by atoms with Crippen molar-refractivity contribution in [2.75, 3.05) is 20.4 Å². The molecule has 1 aliphatic rings. The standard InChI is InChI=1S/C23H32N2O3/c1-5-6-7-8-9-14-22-21-13-11-10-12-20(21)15-23(27)25(22)19(3)24(4)17-28-18(2)16-26/h6-7,9-14,18,22,26H,3,5,8,15-17H2,1-2,4H3/b7-6-,14-9-/t18-,22?/m1/s1. The van der Waals surface area contributed by atoms with Crippen LogP contribution in [0.1, 0.15) is 43.9 Å². The second-order valence-electron chi connectivity index (χ2n) is 7.03. The van der Waals surface area contributed by atoms with Gasteiger partial charge in [0, 0.05) is 7.05 Å². The molecular formula is C23H32N2O3. The van der Waals surface area contributed by atoms with Crippen LogP contribution in [0, 0.1) is 0 Å². The topological polar surface area (TPSA) is 53.0 Å². The van der Waals surface area contributed by atoms with Crippen molar-refractivity contribution in [2.45, 2.75) is 45.3 Å². The van der Waals surface area contributed by atoms with E-state index in [1.807, 2.05) is 25.2 Å². The van der Waals surface area contributed by atoms with Gasteiger partial charge in [0.05, 0.1) is 25.2 Å². The second-order valence-corrected chi connectivity index (χ2v) is 7.03. The molecule has 2 atom stereocenters. The summed E-state index contributed by atoms with van der Waals surface area (Å²) in [6.07, 6.45) is 10.4. The highest BCUT2D eigenvalue weighted by atomic mass is 16.5. The monoisotopic (exact) mass is 384 g/mol. The van der Waals surface area contributed by atoms with E-state index in [0.717, 1.165) is 24.0 Å². The predicted molar refractivity (Wildman–Crippen MR) is 112 cm³/mol. The van der Waals surface area contributed by atoms with Crippen molar-refractivity contribution in [3.63, 3.8) is 0 Å². The molecule has 0 fully saturated rings. The number of aliphatic hydroxyl groups excluding tert-OH is 1. The Balaban J connectivity index is 2.24. The molecule has 152 valence electrons. The highest BCUT2D eigenvalue weighted by Gasteiger charge is 2.33. The van der Waals surface area contributed by atoms with Gasteiger partial charge < -0.3 is 14.7 Å². The number of benzene rings is 1. The molecule has 0 aromatic heterocycles. The predicted octanol–water partition coefficient (Wildman–Crippen LogP) is 3.78. The molecule has 28 heavy (non-hydrogen) atoms. The molecule has 1 unspecified atom stereocenters. The summed E-state index contributed by atoms with van der Waals surface area (Å²) in [6.45, 7) is 8.27. The van der Waals surface area contributed by atoms with Crippen LogP contribution in [0.5, 0.6) is 0 Å². The fraction of sp³-hybridized carbons (Fsp3) is 0.435. The van der Waals surface area contributed by atoms with Gasteiger partial charge in [-0.25, -0.2) is 0 Å². The lowest BCUT2D eigenvalue weighted by atomic mass is 9.91. The van der Waals surface area contributed by atoms with Crippen LogP contribution in [-0.2, 0) is 16.0 Å². The largest absolute Gasteiger partial charge is 0.394 e. The Hall–Kier alpha value is -2.37. The third kappa shape index (κ3) is 5.57. The number of ether oxygens (including phenoxy) is 1. The molecule has 0 spiro atoms. The average molecular weight is 385 g/mol. The molecule has 0 radical (unpaired) electrons. The van der Waals surface area contributed by atoms with Gasteiger partial charge in [0.2, 0.25) is 5.91 Å². The van der Waals surface area contributed by atoms with Crippen molar-refractivity contribution in [1.82, 2.24) is 9.80 Å². The van der Waals surface area contributed by atoms with Crippen LogP contribution in [0.25, 0.3) is 0 Å². The summed E-state index contributed by atoms with van der Waals surface area (Å²) in [7, 11) is 1.84. The second kappa shape index (κ2) is 10.8. The molecule has 1 heterocycles. The zero-order valence-electron chi connectivity index (χ0n) is 17.2. The molecule has 0 saturated carbocycles. The molecule has 5 heteroatoms. The van der Waals surface area contributed by atoms with E-state index in [9.17, 15) is 4.79 Å². The minimum Gasteiger partial charge on any atom is -0.394 e. The highest BCUT2D eigenvalue weighted by Crippen LogP contribution is 2.34. The lowest BCUT2D eigenvalue weighted by Crippen LogP contribution is -2.43. The first-order chi connectivity index (χ1) is 13.5. The first-order valence-corrected chi connectivity index (χ1v) is 9.83. The fourth-order valence-corrected chi connectivity index (χ4v) is 3.12. The summed E-state index contributed by atoms with van der Waals surface area (Å²) in [4.78, 5) is 16.5. The summed E-state index contributed by atoms with van der Waals surface area (Å²) in [5.74, 6) is 0.605. The number of carbonyl (C=O) groups is 1. The van der Waals surface area contributed by atoms with E-state index >= 15 is 0 Å². The quantitative estimate of drug-likeness (QED) is 0.493. The zero-order chi connectivity index (χ0) is 20.5. The Labute approximate surface area is 168 Å². The number of hydrogen-bond donors (Lipinski definition) is 1. The first kappa shape index (κ1) is 21.9. The van der Waals surface area contributed by atoms with Gasteiger partial charge in [0.1, 0.15) is 12.6 Å². The first-order valence-electron chi connectivity index (χ1n) is 9.83. The molecular weight excluding hydrogens is 352 g/mol. The van der Waals surface area contributed by atoms with Crippen molar-refractivity contribution in [3.8, 4) is 0 Å². The molecule has 0 bridgehead atoms. The molecule has 5 nitrogen and oxygen atoms in total. The van der Waals surface area contributed by atoms with Crippen molar-refractivity contribution < 1.29 is 14.6 Å². The molecule has 1 amide bonds. The van der Waals surface area contributed by atoms with E-state index in [-0.39, 0.29) is 31.4 Å². The van der Waals surface area contributed by atoms with Gasteiger partial charge >= 0.3 is 0 Å². The van der Waals surface area contributed by atoms with Crippen LogP contribution in [0.3, 0.4) is 0 Å². The van der Waals surface area contributed by atoms with E-state index in [1.165, 1.54) is 0 Å². The zero-order valence-corrected chi connectivity index (χ0v) is 17.2. The maximum Gasteiger partial charge on any atom is 0.233 e. The van der Waals surface area contributed by atoms with Crippen LogP contribution >= 0.6 is 0 Å². The Morgan fingerprint density at radius 3 is 2.86 bits per heavy atom. The van der Waals surface area contributed by atoms with Crippen molar-refractivity contribution in [1.29, 1.82) is 0 Å². The Kier molecular flexibility index (Phi) is 8.48. The summed E-state index contributed by atoms with van der Waals surface area (Å²) < 4.78 is 5.58. The minimum atomic E-state index is -0.269. The number of amides is 1. The van der Waals surface area contributed by atoms with Crippen LogP contribution in [-0.4, -0.2) is 47.3 Å². The number of carbonyl (C=O) groups excluding carboxylic acids is 1. The molecule has 2 rings (SSSR count). The minimum absolute atomic E-state index is 0.0181. The number of fused-ring (bicyclic) bond motifs is 1. The molecule has 1 aromatic rings. The van der Waals surface area contributed by atoms with Crippen LogP contribution in [0.2, 0.25) is 0 Å². The summed E-state index contributed by atoms with van der Waals surface area (Å²) >= 11 is 0. The van der Waals surface area contributed by atoms with Gasteiger partial charge in [-0.2, -0.15) is 0 Å². The number of nitrogens with zero attached hydrogens (tertiary/aromatic N) is 2. The van der Waals surface area contributed by atoms with Gasteiger partial charge in [-0.3, -0.25) is 9.69 Å². The molecule has 0 aliphatic carbocycles. The van der Waals surface area contributed by atoms with Crippen LogP contribution < -0.4 is 0 Å². The highest BCUT2D eigenvalue weighted by molar-refractivity contribution is 5.83. The van der Waals surface area contributed by atoms with Crippen LogP contribution in [0.4, 0.5) is 0 Å². The average Bonchev–Trinajstić information content (AvgIpc) is 2.70. The molecule has 1 N–H and O–H groups in total. The molecule has 1 aromatic carbocycles. The van der Waals surface area contributed by atoms with Gasteiger partial charge in [-0.05, 0) is 30.9 Å². The van der Waals surface area contributed by atoms with Gasteiger partial charge in [0.25, 0.3) is 0 Å². The van der Waals surface area contributed by atoms with Gasteiger partial charge in [-0.15, -0.1) is 0 Å². The molecule has 1 aliphatic heterocycles. The lowest BCUT2D eigenvalue weighted by molar-refractivity contribution is -0.132. The third-order valence-electron chi connectivity index (χ3n) is 4.78. The van der Waals surface area contributed by atoms with Gasteiger partial charge in [-0.1, -0.05) is 62.1 Å². The third-order valence-corrected chi connectivity index (χ3v) is 4.78. The van der Waals surface area contributed by atoms with Crippen molar-refractivity contribution >= 4 is 5.91 Å². The van der Waals surface area contributed by atoms with Crippen LogP contribution in [0.15, 0.2) is 61.0 Å². The smallest absolute Gasteiger partial charge is 0.233 e. The fourth-order valence-electron chi connectivity index (χ4n) is 3.12. The van der Waals surface area contributed by atoms with E-state index < -0.39 is 0 Å². The van der Waals surface area contributed by atoms with Gasteiger partial charge in [0.15, 0.2) is 0 Å². The van der Waals surface area contributed by atoms with E-state index in [1.54, 1.807) is 16.7 Å². The number of allylic oxidation sites excluding steroid dienone is 3. The summed E-state index contributed by atoms with van der Waals surface area (Å²) in [5.41, 5.74) is 2.18. The normalized spacial score (nSPS) is 17.9. The number of aliphatic hydroxyl groups is 1. The lowest BCUT2D eigenvalue weighted by Gasteiger charge is -2.40. The summed E-state index contributed by atoms with van der Waals surface area (Å²) in [5, 5.41) is 9.14. The van der Waals surface area contributed by atoms with Crippen molar-refractivity contribution in [2.24, 2.45) is 0 Å².